The quantitative estimate of drug-likeness (QED) is 0.845. The average molecular weight is 344 g/mol. The molecule has 1 aliphatic rings. The summed E-state index contributed by atoms with van der Waals surface area (Å²) in [7, 11) is 0. The lowest BCUT2D eigenvalue weighted by Crippen LogP contribution is -2.52. The number of unbranched alkanes of at least 4 members (excludes halogenated alkanes) is 1. The van der Waals surface area contributed by atoms with E-state index in [0.29, 0.717) is 0 Å². The summed E-state index contributed by atoms with van der Waals surface area (Å²) in [6.07, 6.45) is 2.13. The summed E-state index contributed by atoms with van der Waals surface area (Å²) in [4.78, 5) is 21.0. The monoisotopic (exact) mass is 344 g/mol. The van der Waals surface area contributed by atoms with Crippen molar-refractivity contribution in [1.29, 1.82) is 0 Å². The van der Waals surface area contributed by atoms with E-state index in [0.717, 1.165) is 62.0 Å². The molecule has 0 spiro atoms. The Morgan fingerprint density at radius 3 is 2.67 bits per heavy atom. The second-order valence-corrected chi connectivity index (χ2v) is 6.78. The number of carbonyl (C=O) groups is 1. The third kappa shape index (κ3) is 4.06. The number of hydrogen-bond acceptors (Lipinski definition) is 4. The van der Waals surface area contributed by atoms with Crippen LogP contribution in [0.25, 0.3) is 11.3 Å². The molecule has 3 rings (SSSR count). The first kappa shape index (κ1) is 16.8. The molecular formula is C18H24N4OS. The van der Waals surface area contributed by atoms with Crippen LogP contribution in [0.2, 0.25) is 0 Å². The topological polar surface area (TPSA) is 48.5 Å². The molecule has 0 aliphatic carbocycles. The first-order valence-corrected chi connectivity index (χ1v) is 9.44. The molecule has 2 heterocycles. The van der Waals surface area contributed by atoms with Gasteiger partial charge in [0.25, 0.3) is 0 Å². The van der Waals surface area contributed by atoms with Crippen molar-refractivity contribution in [2.24, 2.45) is 0 Å². The van der Waals surface area contributed by atoms with Gasteiger partial charge in [0.15, 0.2) is 5.13 Å². The van der Waals surface area contributed by atoms with Crippen LogP contribution >= 0.6 is 11.3 Å². The number of benzene rings is 1. The smallest absolute Gasteiger partial charge is 0.317 e. The van der Waals surface area contributed by atoms with Gasteiger partial charge in [0.05, 0.1) is 5.69 Å². The van der Waals surface area contributed by atoms with Gasteiger partial charge in [-0.25, -0.2) is 9.78 Å². The average Bonchev–Trinajstić information content (AvgIpc) is 3.13. The van der Waals surface area contributed by atoms with Crippen LogP contribution in [0.4, 0.5) is 9.93 Å². The Kier molecular flexibility index (Phi) is 5.69. The molecular weight excluding hydrogens is 320 g/mol. The summed E-state index contributed by atoms with van der Waals surface area (Å²) in [5, 5.41) is 6.14. The number of amides is 2. The zero-order chi connectivity index (χ0) is 16.8. The SMILES string of the molecule is CCCCNC(=O)N1CCN(c2nc(-c3ccccc3)cs2)CC1. The standard InChI is InChI=1S/C18H24N4OS/c1-2-3-9-19-17(23)21-10-12-22(13-11-21)18-20-16(14-24-18)15-7-5-4-6-8-15/h4-8,14H,2-3,9-13H2,1H3,(H,19,23). The summed E-state index contributed by atoms with van der Waals surface area (Å²) in [5.41, 5.74) is 2.17. The first-order valence-electron chi connectivity index (χ1n) is 8.56. The zero-order valence-corrected chi connectivity index (χ0v) is 14.9. The normalized spacial score (nSPS) is 14.7. The highest BCUT2D eigenvalue weighted by Crippen LogP contribution is 2.27. The van der Waals surface area contributed by atoms with Gasteiger partial charge in [-0.15, -0.1) is 11.3 Å². The summed E-state index contributed by atoms with van der Waals surface area (Å²) in [6.45, 7) is 6.06. The van der Waals surface area contributed by atoms with Gasteiger partial charge in [0, 0.05) is 43.7 Å². The maximum Gasteiger partial charge on any atom is 0.317 e. The van der Waals surface area contributed by atoms with Crippen molar-refractivity contribution >= 4 is 22.5 Å². The number of nitrogens with zero attached hydrogens (tertiary/aromatic N) is 3. The van der Waals surface area contributed by atoms with Gasteiger partial charge in [0.1, 0.15) is 0 Å². The molecule has 6 heteroatoms. The summed E-state index contributed by atoms with van der Waals surface area (Å²) >= 11 is 1.67. The Morgan fingerprint density at radius 2 is 1.96 bits per heavy atom. The van der Waals surface area contributed by atoms with Crippen LogP contribution in [0.1, 0.15) is 19.8 Å². The second kappa shape index (κ2) is 8.15. The van der Waals surface area contributed by atoms with Crippen LogP contribution in [0.5, 0.6) is 0 Å². The molecule has 24 heavy (non-hydrogen) atoms. The Labute approximate surface area is 147 Å². The van der Waals surface area contributed by atoms with Gasteiger partial charge < -0.3 is 15.1 Å². The highest BCUT2D eigenvalue weighted by molar-refractivity contribution is 7.14. The van der Waals surface area contributed by atoms with Crippen LogP contribution < -0.4 is 10.2 Å². The van der Waals surface area contributed by atoms with E-state index in [1.165, 1.54) is 0 Å². The number of hydrogen-bond donors (Lipinski definition) is 1. The van der Waals surface area contributed by atoms with Crippen LogP contribution in [-0.4, -0.2) is 48.6 Å². The predicted molar refractivity (Wildman–Crippen MR) is 99.6 cm³/mol. The molecule has 0 atom stereocenters. The fourth-order valence-electron chi connectivity index (χ4n) is 2.74. The third-order valence-electron chi connectivity index (χ3n) is 4.21. The fourth-order valence-corrected chi connectivity index (χ4v) is 3.62. The van der Waals surface area contributed by atoms with Gasteiger partial charge in [-0.1, -0.05) is 43.7 Å². The largest absolute Gasteiger partial charge is 0.345 e. The van der Waals surface area contributed by atoms with Gasteiger partial charge in [-0.3, -0.25) is 0 Å². The summed E-state index contributed by atoms with van der Waals surface area (Å²) < 4.78 is 0. The molecule has 0 saturated carbocycles. The number of urea groups is 1. The Balaban J connectivity index is 1.54. The number of rotatable bonds is 5. The predicted octanol–water partition coefficient (Wildman–Crippen LogP) is 3.44. The molecule has 1 aliphatic heterocycles. The van der Waals surface area contributed by atoms with Gasteiger partial charge in [-0.2, -0.15) is 0 Å². The van der Waals surface area contributed by atoms with E-state index in [4.69, 9.17) is 4.98 Å². The van der Waals surface area contributed by atoms with Gasteiger partial charge in [-0.05, 0) is 6.42 Å². The summed E-state index contributed by atoms with van der Waals surface area (Å²) in [5.74, 6) is 0. The molecule has 1 aromatic heterocycles. The van der Waals surface area contributed by atoms with Gasteiger partial charge in [0.2, 0.25) is 0 Å². The molecule has 0 unspecified atom stereocenters. The fraction of sp³-hybridized carbons (Fsp3) is 0.444. The lowest BCUT2D eigenvalue weighted by molar-refractivity contribution is 0.194. The Hall–Kier alpha value is -2.08. The maximum atomic E-state index is 12.1. The number of anilines is 1. The third-order valence-corrected chi connectivity index (χ3v) is 5.11. The molecule has 1 N–H and O–H groups in total. The highest BCUT2D eigenvalue weighted by atomic mass is 32.1. The van der Waals surface area contributed by atoms with E-state index in [1.807, 2.05) is 23.1 Å². The molecule has 5 nitrogen and oxygen atoms in total. The van der Waals surface area contributed by atoms with Crippen LogP contribution in [-0.2, 0) is 0 Å². The lowest BCUT2D eigenvalue weighted by Gasteiger charge is -2.34. The van der Waals surface area contributed by atoms with Crippen molar-refractivity contribution in [2.75, 3.05) is 37.6 Å². The van der Waals surface area contributed by atoms with E-state index in [1.54, 1.807) is 11.3 Å². The Bertz CT molecular complexity index is 650. The molecule has 1 aromatic carbocycles. The van der Waals surface area contributed by atoms with E-state index in [9.17, 15) is 4.79 Å². The second-order valence-electron chi connectivity index (χ2n) is 5.94. The van der Waals surface area contributed by atoms with Crippen molar-refractivity contribution in [3.05, 3.63) is 35.7 Å². The lowest BCUT2D eigenvalue weighted by atomic mass is 10.2. The first-order chi connectivity index (χ1) is 11.8. The number of aromatic nitrogens is 1. The number of nitrogens with one attached hydrogen (secondary N) is 1. The van der Waals surface area contributed by atoms with Crippen molar-refractivity contribution in [2.45, 2.75) is 19.8 Å². The van der Waals surface area contributed by atoms with Crippen molar-refractivity contribution in [3.8, 4) is 11.3 Å². The van der Waals surface area contributed by atoms with Crippen molar-refractivity contribution in [1.82, 2.24) is 15.2 Å². The molecule has 128 valence electrons. The van der Waals surface area contributed by atoms with Crippen LogP contribution in [0, 0.1) is 0 Å². The van der Waals surface area contributed by atoms with E-state index < -0.39 is 0 Å². The van der Waals surface area contributed by atoms with E-state index in [-0.39, 0.29) is 6.03 Å². The molecule has 1 saturated heterocycles. The van der Waals surface area contributed by atoms with Crippen molar-refractivity contribution in [3.63, 3.8) is 0 Å². The van der Waals surface area contributed by atoms with Crippen LogP contribution in [0.3, 0.4) is 0 Å². The molecule has 1 fully saturated rings. The number of piperazine rings is 1. The van der Waals surface area contributed by atoms with E-state index in [2.05, 4.69) is 34.7 Å². The molecule has 2 amide bonds. The van der Waals surface area contributed by atoms with E-state index >= 15 is 0 Å². The maximum absolute atomic E-state index is 12.1. The molecule has 0 bridgehead atoms. The minimum atomic E-state index is 0.0622. The van der Waals surface area contributed by atoms with Crippen LogP contribution in [0.15, 0.2) is 35.7 Å². The highest BCUT2D eigenvalue weighted by Gasteiger charge is 2.22. The number of carbonyl (C=O) groups excluding carboxylic acids is 1. The van der Waals surface area contributed by atoms with Crippen molar-refractivity contribution < 1.29 is 4.79 Å². The van der Waals surface area contributed by atoms with Gasteiger partial charge >= 0.3 is 6.03 Å². The minimum Gasteiger partial charge on any atom is -0.345 e. The zero-order valence-electron chi connectivity index (χ0n) is 14.1. The molecule has 0 radical (unpaired) electrons. The minimum absolute atomic E-state index is 0.0622. The Morgan fingerprint density at radius 1 is 1.21 bits per heavy atom. The molecule has 2 aromatic rings. The summed E-state index contributed by atoms with van der Waals surface area (Å²) in [6, 6.07) is 10.3. The number of thiazole rings is 1.